The number of nitrogens with zero attached hydrogens (tertiary/aromatic N) is 3. The molecule has 8 nitrogen and oxygen atoms in total. The topological polar surface area (TPSA) is 102 Å². The minimum absolute atomic E-state index is 0.118. The average Bonchev–Trinajstić information content (AvgIpc) is 3.09. The smallest absolute Gasteiger partial charge is 0.230 e. The molecule has 1 heterocycles. The van der Waals surface area contributed by atoms with E-state index in [0.717, 1.165) is 5.56 Å². The van der Waals surface area contributed by atoms with Crippen LogP contribution in [-0.4, -0.2) is 22.4 Å². The van der Waals surface area contributed by atoms with Gasteiger partial charge < -0.3 is 5.32 Å². The van der Waals surface area contributed by atoms with E-state index in [1.54, 1.807) is 0 Å². The number of rotatable bonds is 7. The van der Waals surface area contributed by atoms with Crippen LogP contribution in [0.3, 0.4) is 0 Å². The van der Waals surface area contributed by atoms with Gasteiger partial charge in [0.05, 0.1) is 16.6 Å². The molecule has 0 aliphatic rings. The summed E-state index contributed by atoms with van der Waals surface area (Å²) in [5.74, 6) is -0.553. The van der Waals surface area contributed by atoms with Crippen LogP contribution in [-0.2, 0) is 16.2 Å². The van der Waals surface area contributed by atoms with Crippen molar-refractivity contribution in [1.82, 2.24) is 10.3 Å². The molecule has 27 heavy (non-hydrogen) atoms. The molecule has 0 atom stereocenters. The van der Waals surface area contributed by atoms with E-state index in [9.17, 15) is 9.18 Å². The molecular formula is C17H13BrFN5O3. The largest absolute Gasteiger partial charge is 0.306 e. The summed E-state index contributed by atoms with van der Waals surface area (Å²) in [6.07, 6.45) is 1.39. The third-order valence-electron chi connectivity index (χ3n) is 3.29. The van der Waals surface area contributed by atoms with Crippen LogP contribution in [0, 0.1) is 5.82 Å². The molecular weight excluding hydrogens is 421 g/mol. The zero-order valence-electron chi connectivity index (χ0n) is 13.7. The van der Waals surface area contributed by atoms with Crippen molar-refractivity contribution in [2.75, 3.05) is 10.8 Å². The first-order valence-corrected chi connectivity index (χ1v) is 8.48. The van der Waals surface area contributed by atoms with Crippen molar-refractivity contribution in [3.05, 3.63) is 70.1 Å². The quantitative estimate of drug-likeness (QED) is 0.436. The van der Waals surface area contributed by atoms with Crippen molar-refractivity contribution in [3.63, 3.8) is 0 Å². The van der Waals surface area contributed by atoms with Gasteiger partial charge in [0, 0.05) is 0 Å². The molecule has 138 valence electrons. The third kappa shape index (κ3) is 5.35. The highest BCUT2D eigenvalue weighted by atomic mass is 79.9. The molecule has 2 N–H and O–H groups in total. The Morgan fingerprint density at radius 1 is 1.26 bits per heavy atom. The highest BCUT2D eigenvalue weighted by Crippen LogP contribution is 2.20. The van der Waals surface area contributed by atoms with Gasteiger partial charge in [0.15, 0.2) is 5.69 Å². The molecule has 0 bridgehead atoms. The molecule has 10 heteroatoms. The van der Waals surface area contributed by atoms with Crippen LogP contribution in [0.25, 0.3) is 0 Å². The zero-order valence-corrected chi connectivity index (χ0v) is 15.3. The minimum atomic E-state index is -0.395. The van der Waals surface area contributed by atoms with E-state index in [-0.39, 0.29) is 28.3 Å². The zero-order chi connectivity index (χ0) is 19.1. The number of oxime groups is 1. The predicted octanol–water partition coefficient (Wildman–Crippen LogP) is 3.53. The molecule has 0 unspecified atom stereocenters. The normalized spacial score (nSPS) is 10.7. The number of carbonyl (C=O) groups is 1. The number of anilines is 2. The lowest BCUT2D eigenvalue weighted by Gasteiger charge is -2.03. The highest BCUT2D eigenvalue weighted by molar-refractivity contribution is 9.10. The molecule has 0 fully saturated rings. The van der Waals surface area contributed by atoms with Crippen molar-refractivity contribution in [2.45, 2.75) is 6.42 Å². The third-order valence-corrected chi connectivity index (χ3v) is 3.90. The number of hydrogen-bond donors (Lipinski definition) is 2. The average molecular weight is 434 g/mol. The molecule has 0 saturated heterocycles. The maximum absolute atomic E-state index is 13.2. The fraction of sp³-hybridized carbons (Fsp3) is 0.0588. The van der Waals surface area contributed by atoms with E-state index in [1.165, 1.54) is 24.4 Å². The number of aromatic nitrogens is 2. The Hall–Kier alpha value is -3.27. The number of benzene rings is 2. The van der Waals surface area contributed by atoms with Gasteiger partial charge >= 0.3 is 0 Å². The van der Waals surface area contributed by atoms with Crippen LogP contribution in [0.4, 0.5) is 15.9 Å². The van der Waals surface area contributed by atoms with Gasteiger partial charge in [0.25, 0.3) is 0 Å². The van der Waals surface area contributed by atoms with E-state index in [1.807, 2.05) is 30.3 Å². The van der Waals surface area contributed by atoms with Crippen molar-refractivity contribution in [2.24, 2.45) is 5.16 Å². The van der Waals surface area contributed by atoms with Crippen LogP contribution >= 0.6 is 15.9 Å². The SMILES string of the molecule is O=C(Cc1ccccc1)Nc1nonc1/C=N/ONc1ccc(F)c(Br)c1. The number of hydrogen-bond acceptors (Lipinski definition) is 7. The van der Waals surface area contributed by atoms with Crippen molar-refractivity contribution < 1.29 is 18.8 Å². The fourth-order valence-electron chi connectivity index (χ4n) is 2.04. The summed E-state index contributed by atoms with van der Waals surface area (Å²) >= 11 is 3.06. The second kappa shape index (κ2) is 8.90. The first kappa shape index (κ1) is 18.5. The molecule has 3 aromatic rings. The van der Waals surface area contributed by atoms with E-state index >= 15 is 0 Å². The van der Waals surface area contributed by atoms with E-state index in [0.29, 0.717) is 5.69 Å². The molecule has 0 aliphatic heterocycles. The molecule has 0 saturated carbocycles. The Morgan fingerprint density at radius 2 is 2.07 bits per heavy atom. The van der Waals surface area contributed by atoms with Crippen LogP contribution in [0.5, 0.6) is 0 Å². The molecule has 2 aromatic carbocycles. The van der Waals surface area contributed by atoms with Gasteiger partial charge in [-0.2, -0.15) is 5.48 Å². The van der Waals surface area contributed by atoms with Gasteiger partial charge in [-0.3, -0.25) is 9.73 Å². The fourth-order valence-corrected chi connectivity index (χ4v) is 2.42. The van der Waals surface area contributed by atoms with Gasteiger partial charge in [0.1, 0.15) is 12.0 Å². The van der Waals surface area contributed by atoms with Gasteiger partial charge in [0.2, 0.25) is 11.7 Å². The number of halogens is 2. The molecule has 0 aliphatic carbocycles. The Balaban J connectivity index is 1.54. The second-order valence-electron chi connectivity index (χ2n) is 5.27. The first-order valence-electron chi connectivity index (χ1n) is 7.68. The minimum Gasteiger partial charge on any atom is -0.306 e. The van der Waals surface area contributed by atoms with Crippen molar-refractivity contribution >= 4 is 39.6 Å². The maximum Gasteiger partial charge on any atom is 0.230 e. The summed E-state index contributed by atoms with van der Waals surface area (Å²) in [6.45, 7) is 0. The molecule has 3 rings (SSSR count). The second-order valence-corrected chi connectivity index (χ2v) is 6.12. The lowest BCUT2D eigenvalue weighted by molar-refractivity contribution is -0.115. The molecule has 0 radical (unpaired) electrons. The van der Waals surface area contributed by atoms with E-state index in [4.69, 9.17) is 4.94 Å². The van der Waals surface area contributed by atoms with Crippen LogP contribution < -0.4 is 10.8 Å². The van der Waals surface area contributed by atoms with E-state index < -0.39 is 5.82 Å². The number of carbonyl (C=O) groups excluding carboxylic acids is 1. The molecule has 1 amide bonds. The highest BCUT2D eigenvalue weighted by Gasteiger charge is 2.12. The predicted molar refractivity (Wildman–Crippen MR) is 99.5 cm³/mol. The summed E-state index contributed by atoms with van der Waals surface area (Å²) in [5, 5.41) is 13.5. The lowest BCUT2D eigenvalue weighted by Crippen LogP contribution is -2.15. The van der Waals surface area contributed by atoms with Crippen LogP contribution in [0.1, 0.15) is 11.3 Å². The number of amides is 1. The molecule has 0 spiro atoms. The van der Waals surface area contributed by atoms with E-state index in [2.05, 4.69) is 46.8 Å². The Labute approximate surface area is 161 Å². The van der Waals surface area contributed by atoms with Gasteiger partial charge in [-0.15, -0.1) is 0 Å². The van der Waals surface area contributed by atoms with Crippen molar-refractivity contribution in [3.8, 4) is 0 Å². The Morgan fingerprint density at radius 3 is 2.85 bits per heavy atom. The van der Waals surface area contributed by atoms with Gasteiger partial charge in [-0.1, -0.05) is 35.5 Å². The molecule has 1 aromatic heterocycles. The summed E-state index contributed by atoms with van der Waals surface area (Å²) in [6, 6.07) is 13.5. The van der Waals surface area contributed by atoms with Crippen LogP contribution in [0.15, 0.2) is 62.8 Å². The monoisotopic (exact) mass is 433 g/mol. The van der Waals surface area contributed by atoms with Gasteiger partial charge in [-0.25, -0.2) is 9.02 Å². The summed E-state index contributed by atoms with van der Waals surface area (Å²) in [5.41, 5.74) is 4.03. The maximum atomic E-state index is 13.2. The standard InChI is InChI=1S/C17H13BrFN5O3/c18-13-9-12(6-7-14(13)19)22-26-20-10-15-17(24-27-23-15)21-16(25)8-11-4-2-1-3-5-11/h1-7,9-10,22H,8H2,(H,21,24,25)/b20-10+. The van der Waals surface area contributed by atoms with Crippen LogP contribution in [0.2, 0.25) is 0 Å². The summed E-state index contributed by atoms with van der Waals surface area (Å²) in [7, 11) is 0. The first-order chi connectivity index (χ1) is 13.1. The number of nitrogens with one attached hydrogen (secondary N) is 2. The lowest BCUT2D eigenvalue weighted by atomic mass is 10.1. The Bertz CT molecular complexity index is 949. The summed E-state index contributed by atoms with van der Waals surface area (Å²) < 4.78 is 18.0. The summed E-state index contributed by atoms with van der Waals surface area (Å²) in [4.78, 5) is 17.0. The van der Waals surface area contributed by atoms with Gasteiger partial charge in [-0.05, 0) is 50.0 Å². The Kier molecular flexibility index (Phi) is 6.10. The van der Waals surface area contributed by atoms with Crippen molar-refractivity contribution in [1.29, 1.82) is 0 Å².